The fourth-order valence-corrected chi connectivity index (χ4v) is 2.31. The molecular formula is C18H30N5+. The molecule has 1 atom stereocenters. The quantitative estimate of drug-likeness (QED) is 0.512. The van der Waals surface area contributed by atoms with Crippen molar-refractivity contribution >= 4 is 17.5 Å². The van der Waals surface area contributed by atoms with Crippen LogP contribution in [0.4, 0.5) is 11.4 Å². The summed E-state index contributed by atoms with van der Waals surface area (Å²) in [7, 11) is 4.50. The van der Waals surface area contributed by atoms with E-state index >= 15 is 0 Å². The molecule has 3 rings (SSSR count). The van der Waals surface area contributed by atoms with E-state index in [1.54, 1.807) is 0 Å². The van der Waals surface area contributed by atoms with Gasteiger partial charge in [0.15, 0.2) is 0 Å². The minimum Gasteiger partial charge on any atom is -0.399 e. The number of allylic oxidation sites excluding steroid dienone is 1. The second-order valence-corrected chi connectivity index (χ2v) is 4.39. The Morgan fingerprint density at radius 2 is 1.26 bits per heavy atom. The Bertz CT molecular complexity index is 597. The van der Waals surface area contributed by atoms with Crippen LogP contribution in [0.3, 0.4) is 0 Å². The second kappa shape index (κ2) is 11.3. The van der Waals surface area contributed by atoms with E-state index in [4.69, 9.17) is 11.5 Å². The van der Waals surface area contributed by atoms with Gasteiger partial charge in [0.1, 0.15) is 0 Å². The van der Waals surface area contributed by atoms with Gasteiger partial charge in [0.25, 0.3) is 0 Å². The van der Waals surface area contributed by atoms with Crippen molar-refractivity contribution in [3.63, 3.8) is 0 Å². The van der Waals surface area contributed by atoms with E-state index in [1.165, 1.54) is 37.8 Å². The van der Waals surface area contributed by atoms with E-state index in [0.29, 0.717) is 5.92 Å². The minimum absolute atomic E-state index is 0. The summed E-state index contributed by atoms with van der Waals surface area (Å²) in [5.41, 5.74) is 30.4. The minimum atomic E-state index is 0. The summed E-state index contributed by atoms with van der Waals surface area (Å²) < 4.78 is 0. The van der Waals surface area contributed by atoms with Crippen LogP contribution in [0.15, 0.2) is 48.5 Å². The van der Waals surface area contributed by atoms with Crippen LogP contribution in [0, 0.1) is 0 Å². The number of anilines is 2. The Kier molecular flexibility index (Phi) is 10.1. The van der Waals surface area contributed by atoms with E-state index in [1.807, 2.05) is 18.2 Å². The fraction of sp³-hybridized carbons (Fsp3) is 0.222. The van der Waals surface area contributed by atoms with Crippen molar-refractivity contribution in [2.24, 2.45) is 17.2 Å². The van der Waals surface area contributed by atoms with Crippen LogP contribution < -0.4 is 28.7 Å². The molecule has 0 aromatic heterocycles. The average Bonchev–Trinajstić information content (AvgIpc) is 3.04. The first-order chi connectivity index (χ1) is 11.2. The van der Waals surface area contributed by atoms with Gasteiger partial charge in [0.05, 0.1) is 0 Å². The van der Waals surface area contributed by atoms with Crippen molar-refractivity contribution in [1.82, 2.24) is 0 Å². The number of rotatable bonds is 1. The average molecular weight is 316 g/mol. The fourth-order valence-electron chi connectivity index (χ4n) is 2.31. The van der Waals surface area contributed by atoms with Gasteiger partial charge in [0.2, 0.25) is 0 Å². The van der Waals surface area contributed by atoms with E-state index < -0.39 is 0 Å². The molecule has 5 nitrogen and oxygen atoms in total. The molecule has 1 aliphatic rings. The summed E-state index contributed by atoms with van der Waals surface area (Å²) in [6.07, 6.45) is 4.35. The molecule has 0 bridgehead atoms. The zero-order valence-electron chi connectivity index (χ0n) is 15.2. The molecule has 23 heavy (non-hydrogen) atoms. The smallest absolute Gasteiger partial charge is 0.399 e. The number of nitrogens with two attached hydrogens (primary N) is 5. The molecule has 0 heterocycles. The van der Waals surface area contributed by atoms with Crippen LogP contribution in [0.2, 0.25) is 0 Å². The largest absolute Gasteiger partial charge is 1.00 e. The third kappa shape index (κ3) is 5.41. The van der Waals surface area contributed by atoms with Gasteiger partial charge in [-0.3, -0.25) is 0 Å². The second-order valence-electron chi connectivity index (χ2n) is 4.39. The van der Waals surface area contributed by atoms with Gasteiger partial charge in [-0.25, -0.2) is 0 Å². The highest BCUT2D eigenvalue weighted by Gasteiger charge is 2.18. The number of hydrogen-bond donors (Lipinski definition) is 5. The van der Waals surface area contributed by atoms with Gasteiger partial charge in [-0.05, 0) is 62.1 Å². The lowest BCUT2D eigenvalue weighted by atomic mass is 9.93. The molecule has 126 valence electrons. The maximum Gasteiger partial charge on any atom is 1.00 e. The highest BCUT2D eigenvalue weighted by Crippen LogP contribution is 2.36. The van der Waals surface area contributed by atoms with Crippen LogP contribution >= 0.6 is 0 Å². The molecule has 0 amide bonds. The topological polar surface area (TPSA) is 130 Å². The van der Waals surface area contributed by atoms with Crippen molar-refractivity contribution < 1.29 is 1.43 Å². The molecule has 0 aliphatic heterocycles. The summed E-state index contributed by atoms with van der Waals surface area (Å²) in [4.78, 5) is 0. The first-order valence-corrected chi connectivity index (χ1v) is 7.40. The van der Waals surface area contributed by atoms with Crippen molar-refractivity contribution in [1.29, 1.82) is 0 Å². The molecule has 1 unspecified atom stereocenters. The summed E-state index contributed by atoms with van der Waals surface area (Å²) in [6, 6.07) is 14.1. The van der Waals surface area contributed by atoms with Gasteiger partial charge in [-0.2, -0.15) is 0 Å². The Balaban J connectivity index is 0. The van der Waals surface area contributed by atoms with Gasteiger partial charge in [-0.15, -0.1) is 0 Å². The predicted molar refractivity (Wildman–Crippen MR) is 104 cm³/mol. The molecule has 2 aromatic rings. The molecule has 1 aliphatic carbocycles. The molecule has 0 fully saturated rings. The Labute approximate surface area is 140 Å². The molecule has 5 heteroatoms. The van der Waals surface area contributed by atoms with Crippen molar-refractivity contribution in [3.05, 3.63) is 65.2 Å². The summed E-state index contributed by atoms with van der Waals surface area (Å²) in [5.74, 6) is 0.300. The summed E-state index contributed by atoms with van der Waals surface area (Å²) >= 11 is 0. The standard InChI is InChI=1S/C15H14N2.3CH5N/c16-12-5-1-10(2-6-12)14-8-4-11-3-7-13(17)9-15(11)14;3*1-2/h1-9,14H,16-17H2;3*2H2,1H3/p+1. The summed E-state index contributed by atoms with van der Waals surface area (Å²) in [6.45, 7) is 0. The SMILES string of the molecule is CN.CN.CN.Nc1ccc(C2C=Cc3ccc(N)cc32)cc1.[H+]. The van der Waals surface area contributed by atoms with Gasteiger partial charge < -0.3 is 28.7 Å². The molecule has 2 aromatic carbocycles. The maximum atomic E-state index is 5.85. The van der Waals surface area contributed by atoms with Crippen molar-refractivity contribution in [3.8, 4) is 0 Å². The van der Waals surface area contributed by atoms with E-state index in [0.717, 1.165) is 11.4 Å². The van der Waals surface area contributed by atoms with Crippen LogP contribution in [-0.4, -0.2) is 21.1 Å². The van der Waals surface area contributed by atoms with Crippen molar-refractivity contribution in [2.45, 2.75) is 5.92 Å². The third-order valence-electron chi connectivity index (χ3n) is 3.21. The van der Waals surface area contributed by atoms with Crippen LogP contribution in [0.25, 0.3) is 6.08 Å². The number of benzene rings is 2. The molecular weight excluding hydrogens is 286 g/mol. The molecule has 0 saturated heterocycles. The number of fused-ring (bicyclic) bond motifs is 1. The highest BCUT2D eigenvalue weighted by molar-refractivity contribution is 5.68. The maximum absolute atomic E-state index is 5.85. The molecule has 10 N–H and O–H groups in total. The first-order valence-electron chi connectivity index (χ1n) is 7.40. The Hall–Kier alpha value is -2.34. The lowest BCUT2D eigenvalue weighted by molar-refractivity contribution is 1.05. The van der Waals surface area contributed by atoms with Gasteiger partial charge >= 0.3 is 1.43 Å². The van der Waals surface area contributed by atoms with E-state index in [9.17, 15) is 0 Å². The van der Waals surface area contributed by atoms with E-state index in [-0.39, 0.29) is 1.43 Å². The number of nitrogen functional groups attached to an aromatic ring is 2. The molecule has 0 spiro atoms. The monoisotopic (exact) mass is 316 g/mol. The van der Waals surface area contributed by atoms with Crippen LogP contribution in [0.5, 0.6) is 0 Å². The zero-order valence-corrected chi connectivity index (χ0v) is 14.2. The highest BCUT2D eigenvalue weighted by atomic mass is 14.5. The zero-order chi connectivity index (χ0) is 17.8. The predicted octanol–water partition coefficient (Wildman–Crippen LogP) is 1.85. The normalized spacial score (nSPS) is 13.4. The molecule has 0 radical (unpaired) electrons. The van der Waals surface area contributed by atoms with E-state index in [2.05, 4.69) is 53.6 Å². The third-order valence-corrected chi connectivity index (χ3v) is 3.21. The van der Waals surface area contributed by atoms with Gasteiger partial charge in [-0.1, -0.05) is 30.4 Å². The van der Waals surface area contributed by atoms with Gasteiger partial charge in [0, 0.05) is 17.3 Å². The molecule has 0 saturated carbocycles. The lowest BCUT2D eigenvalue weighted by Gasteiger charge is -2.12. The lowest BCUT2D eigenvalue weighted by Crippen LogP contribution is -1.97. The summed E-state index contributed by atoms with van der Waals surface area (Å²) in [5, 5.41) is 0. The van der Waals surface area contributed by atoms with Crippen LogP contribution in [0.1, 0.15) is 24.0 Å². The Morgan fingerprint density at radius 3 is 1.83 bits per heavy atom. The van der Waals surface area contributed by atoms with Crippen LogP contribution in [-0.2, 0) is 0 Å². The number of hydrogen-bond acceptors (Lipinski definition) is 5. The first kappa shape index (κ1) is 20.7. The Morgan fingerprint density at radius 1 is 0.739 bits per heavy atom. The van der Waals surface area contributed by atoms with Crippen molar-refractivity contribution in [2.75, 3.05) is 32.6 Å².